The van der Waals surface area contributed by atoms with E-state index in [2.05, 4.69) is 4.98 Å². The van der Waals surface area contributed by atoms with Gasteiger partial charge in [-0.15, -0.1) is 0 Å². The van der Waals surface area contributed by atoms with E-state index in [0.717, 1.165) is 31.4 Å². The normalized spacial score (nSPS) is 14.4. The van der Waals surface area contributed by atoms with Gasteiger partial charge < -0.3 is 15.1 Å². The molecule has 19 heavy (non-hydrogen) atoms. The van der Waals surface area contributed by atoms with Gasteiger partial charge in [0.15, 0.2) is 0 Å². The molecule has 2 N–H and O–H groups in total. The van der Waals surface area contributed by atoms with Crippen LogP contribution in [0.3, 0.4) is 0 Å². The predicted molar refractivity (Wildman–Crippen MR) is 72.6 cm³/mol. The van der Waals surface area contributed by atoms with Crippen LogP contribution in [0.25, 0.3) is 0 Å². The predicted octanol–water partition coefficient (Wildman–Crippen LogP) is 1.69. The van der Waals surface area contributed by atoms with E-state index < -0.39 is 5.97 Å². The van der Waals surface area contributed by atoms with Crippen LogP contribution in [0.1, 0.15) is 42.2 Å². The van der Waals surface area contributed by atoms with Gasteiger partial charge in [-0.3, -0.25) is 0 Å². The SMILES string of the molecule is CCCc1cc(C(=O)O)cc(N(CCO)C2CC2)n1. The highest BCUT2D eigenvalue weighted by Crippen LogP contribution is 2.31. The van der Waals surface area contributed by atoms with E-state index in [9.17, 15) is 9.90 Å². The van der Waals surface area contributed by atoms with Gasteiger partial charge in [-0.2, -0.15) is 0 Å². The van der Waals surface area contributed by atoms with Crippen LogP contribution in [0, 0.1) is 0 Å². The average molecular weight is 264 g/mol. The lowest BCUT2D eigenvalue weighted by atomic mass is 10.1. The maximum atomic E-state index is 11.2. The fourth-order valence-corrected chi connectivity index (χ4v) is 2.20. The molecule has 0 aliphatic heterocycles. The summed E-state index contributed by atoms with van der Waals surface area (Å²) in [6.45, 7) is 2.60. The number of pyridine rings is 1. The first-order valence-corrected chi connectivity index (χ1v) is 6.77. The van der Waals surface area contributed by atoms with Crippen molar-refractivity contribution in [2.24, 2.45) is 0 Å². The number of aryl methyl sites for hydroxylation is 1. The molecule has 0 radical (unpaired) electrons. The molecule has 0 aromatic carbocycles. The van der Waals surface area contributed by atoms with E-state index in [-0.39, 0.29) is 12.2 Å². The molecule has 0 bridgehead atoms. The van der Waals surface area contributed by atoms with E-state index in [0.29, 0.717) is 18.4 Å². The lowest BCUT2D eigenvalue weighted by Crippen LogP contribution is -2.30. The Morgan fingerprint density at radius 3 is 2.74 bits per heavy atom. The number of hydrogen-bond donors (Lipinski definition) is 2. The first-order valence-electron chi connectivity index (χ1n) is 6.77. The molecule has 2 rings (SSSR count). The Morgan fingerprint density at radius 2 is 2.21 bits per heavy atom. The molecule has 1 saturated carbocycles. The van der Waals surface area contributed by atoms with Gasteiger partial charge in [-0.05, 0) is 31.4 Å². The third-order valence-electron chi connectivity index (χ3n) is 3.24. The van der Waals surface area contributed by atoms with Crippen molar-refractivity contribution in [3.63, 3.8) is 0 Å². The number of nitrogens with zero attached hydrogens (tertiary/aromatic N) is 2. The van der Waals surface area contributed by atoms with Crippen molar-refractivity contribution in [1.82, 2.24) is 4.98 Å². The quantitative estimate of drug-likeness (QED) is 0.784. The lowest BCUT2D eigenvalue weighted by Gasteiger charge is -2.23. The zero-order valence-electron chi connectivity index (χ0n) is 11.2. The van der Waals surface area contributed by atoms with E-state index in [4.69, 9.17) is 5.11 Å². The van der Waals surface area contributed by atoms with Crippen LogP contribution in [-0.2, 0) is 6.42 Å². The summed E-state index contributed by atoms with van der Waals surface area (Å²) >= 11 is 0. The van der Waals surface area contributed by atoms with Gasteiger partial charge in [0.05, 0.1) is 12.2 Å². The minimum Gasteiger partial charge on any atom is -0.478 e. The minimum atomic E-state index is -0.930. The van der Waals surface area contributed by atoms with E-state index in [1.807, 2.05) is 11.8 Å². The molecule has 1 aliphatic carbocycles. The van der Waals surface area contributed by atoms with Crippen molar-refractivity contribution >= 4 is 11.8 Å². The summed E-state index contributed by atoms with van der Waals surface area (Å²) < 4.78 is 0. The summed E-state index contributed by atoms with van der Waals surface area (Å²) in [5.41, 5.74) is 1.08. The summed E-state index contributed by atoms with van der Waals surface area (Å²) in [5, 5.41) is 18.3. The fourth-order valence-electron chi connectivity index (χ4n) is 2.20. The van der Waals surface area contributed by atoms with Gasteiger partial charge >= 0.3 is 5.97 Å². The highest BCUT2D eigenvalue weighted by Gasteiger charge is 2.30. The maximum Gasteiger partial charge on any atom is 0.335 e. The monoisotopic (exact) mass is 264 g/mol. The molecular weight excluding hydrogens is 244 g/mol. The largest absolute Gasteiger partial charge is 0.478 e. The molecular formula is C14H20N2O3. The van der Waals surface area contributed by atoms with Crippen LogP contribution in [0.2, 0.25) is 0 Å². The molecule has 104 valence electrons. The Morgan fingerprint density at radius 1 is 1.47 bits per heavy atom. The molecule has 1 fully saturated rings. The molecule has 0 unspecified atom stereocenters. The molecule has 0 saturated heterocycles. The summed E-state index contributed by atoms with van der Waals surface area (Å²) in [6, 6.07) is 3.65. The Labute approximate surface area is 112 Å². The summed E-state index contributed by atoms with van der Waals surface area (Å²) in [4.78, 5) is 17.7. The molecule has 1 aromatic rings. The Balaban J connectivity index is 2.33. The molecule has 1 aromatic heterocycles. The van der Waals surface area contributed by atoms with Gasteiger partial charge in [0.2, 0.25) is 0 Å². The molecule has 1 heterocycles. The maximum absolute atomic E-state index is 11.2. The Hall–Kier alpha value is -1.62. The molecule has 1 aliphatic rings. The number of carboxylic acids is 1. The second-order valence-corrected chi connectivity index (χ2v) is 4.91. The van der Waals surface area contributed by atoms with E-state index in [1.165, 1.54) is 0 Å². The fraction of sp³-hybridized carbons (Fsp3) is 0.571. The smallest absolute Gasteiger partial charge is 0.335 e. The van der Waals surface area contributed by atoms with Gasteiger partial charge in [0.25, 0.3) is 0 Å². The van der Waals surface area contributed by atoms with Crippen LogP contribution in [0.4, 0.5) is 5.82 Å². The molecule has 0 amide bonds. The molecule has 0 atom stereocenters. The number of aromatic nitrogens is 1. The van der Waals surface area contributed by atoms with E-state index >= 15 is 0 Å². The summed E-state index contributed by atoms with van der Waals surface area (Å²) in [6.07, 6.45) is 3.87. The van der Waals surface area contributed by atoms with Crippen LogP contribution in [0.15, 0.2) is 12.1 Å². The number of anilines is 1. The van der Waals surface area contributed by atoms with Crippen molar-refractivity contribution in [2.75, 3.05) is 18.1 Å². The first-order chi connectivity index (χ1) is 9.15. The summed E-state index contributed by atoms with van der Waals surface area (Å²) in [5.74, 6) is -0.249. The number of carbonyl (C=O) groups is 1. The minimum absolute atomic E-state index is 0.0542. The number of rotatable bonds is 7. The number of aromatic carboxylic acids is 1. The van der Waals surface area contributed by atoms with Gasteiger partial charge in [-0.25, -0.2) is 9.78 Å². The zero-order valence-corrected chi connectivity index (χ0v) is 11.2. The highest BCUT2D eigenvalue weighted by atomic mass is 16.4. The second kappa shape index (κ2) is 6.02. The summed E-state index contributed by atoms with van der Waals surface area (Å²) in [7, 11) is 0. The number of carboxylic acid groups (broad SMARTS) is 1. The Bertz CT molecular complexity index is 458. The Kier molecular flexibility index (Phi) is 4.37. The zero-order chi connectivity index (χ0) is 13.8. The van der Waals surface area contributed by atoms with Crippen LogP contribution >= 0.6 is 0 Å². The standard InChI is InChI=1S/C14H20N2O3/c1-2-3-11-8-10(14(18)19)9-13(15-11)16(6-7-17)12-4-5-12/h8-9,12,17H,2-7H2,1H3,(H,18,19). The number of aliphatic hydroxyl groups is 1. The van der Waals surface area contributed by atoms with Crippen molar-refractivity contribution in [2.45, 2.75) is 38.6 Å². The van der Waals surface area contributed by atoms with Gasteiger partial charge in [-0.1, -0.05) is 13.3 Å². The van der Waals surface area contributed by atoms with Gasteiger partial charge in [0, 0.05) is 18.3 Å². The van der Waals surface area contributed by atoms with E-state index in [1.54, 1.807) is 12.1 Å². The van der Waals surface area contributed by atoms with Crippen molar-refractivity contribution in [1.29, 1.82) is 0 Å². The highest BCUT2D eigenvalue weighted by molar-refractivity contribution is 5.88. The first kappa shape index (κ1) is 13.8. The van der Waals surface area contributed by atoms with Crippen LogP contribution in [-0.4, -0.2) is 40.4 Å². The molecule has 5 heteroatoms. The lowest BCUT2D eigenvalue weighted by molar-refractivity contribution is 0.0696. The number of hydrogen-bond acceptors (Lipinski definition) is 4. The topological polar surface area (TPSA) is 73.7 Å². The number of aliphatic hydroxyl groups excluding tert-OH is 1. The third-order valence-corrected chi connectivity index (χ3v) is 3.24. The molecule has 0 spiro atoms. The van der Waals surface area contributed by atoms with Crippen molar-refractivity contribution in [3.8, 4) is 0 Å². The van der Waals surface area contributed by atoms with Gasteiger partial charge in [0.1, 0.15) is 5.82 Å². The van der Waals surface area contributed by atoms with Crippen molar-refractivity contribution in [3.05, 3.63) is 23.4 Å². The molecule has 5 nitrogen and oxygen atoms in total. The average Bonchev–Trinajstić information content (AvgIpc) is 3.20. The van der Waals surface area contributed by atoms with Crippen LogP contribution in [0.5, 0.6) is 0 Å². The third kappa shape index (κ3) is 3.44. The van der Waals surface area contributed by atoms with Crippen LogP contribution < -0.4 is 4.90 Å². The second-order valence-electron chi connectivity index (χ2n) is 4.91. The van der Waals surface area contributed by atoms with Crippen molar-refractivity contribution < 1.29 is 15.0 Å².